The summed E-state index contributed by atoms with van der Waals surface area (Å²) in [5.41, 5.74) is 6.89. The lowest BCUT2D eigenvalue weighted by molar-refractivity contribution is 0.210. The van der Waals surface area contributed by atoms with Gasteiger partial charge in [0.1, 0.15) is 11.9 Å². The minimum Gasteiger partial charge on any atom is -0.384 e. The molecular weight excluding hydrogens is 196 g/mol. The summed E-state index contributed by atoms with van der Waals surface area (Å²) >= 11 is 0. The fourth-order valence-electron chi connectivity index (χ4n) is 1.38. The first kappa shape index (κ1) is 9.66. The van der Waals surface area contributed by atoms with E-state index in [0.717, 1.165) is 0 Å². The Morgan fingerprint density at radius 2 is 2.07 bits per heavy atom. The number of aliphatic hydroxyl groups is 1. The number of nitrogens with zero attached hydrogens (tertiary/aromatic N) is 5. The number of rotatable bonds is 2. The lowest BCUT2D eigenvalue weighted by Crippen LogP contribution is -2.08. The molecule has 1 atom stereocenters. The zero-order valence-corrected chi connectivity index (χ0v) is 8.49. The van der Waals surface area contributed by atoms with Gasteiger partial charge < -0.3 is 10.8 Å². The predicted octanol–water partition coefficient (Wildman–Crippen LogP) is -0.788. The van der Waals surface area contributed by atoms with Crippen LogP contribution in [0.5, 0.6) is 0 Å². The second kappa shape index (κ2) is 3.35. The number of nitrogen functional groups attached to an aromatic ring is 1. The van der Waals surface area contributed by atoms with Crippen molar-refractivity contribution in [3.05, 3.63) is 23.7 Å². The molecule has 0 radical (unpaired) electrons. The Morgan fingerprint density at radius 1 is 1.33 bits per heavy atom. The molecule has 7 nitrogen and oxygen atoms in total. The van der Waals surface area contributed by atoms with Crippen molar-refractivity contribution in [3.8, 4) is 0 Å². The van der Waals surface area contributed by atoms with Gasteiger partial charge in [-0.25, -0.2) is 4.68 Å². The topological polar surface area (TPSA) is 94.8 Å². The highest BCUT2D eigenvalue weighted by atomic mass is 16.3. The highest BCUT2D eigenvalue weighted by Crippen LogP contribution is 2.24. The maximum absolute atomic E-state index is 10.0. The quantitative estimate of drug-likeness (QED) is 0.674. The van der Waals surface area contributed by atoms with Crippen molar-refractivity contribution >= 4 is 5.82 Å². The Morgan fingerprint density at radius 3 is 2.53 bits per heavy atom. The zero-order valence-electron chi connectivity index (χ0n) is 8.49. The van der Waals surface area contributed by atoms with Crippen molar-refractivity contribution in [1.82, 2.24) is 24.8 Å². The van der Waals surface area contributed by atoms with Crippen LogP contribution in [0.2, 0.25) is 0 Å². The molecule has 2 aromatic rings. The average Bonchev–Trinajstić information content (AvgIpc) is 2.75. The lowest BCUT2D eigenvalue weighted by Gasteiger charge is -2.09. The SMILES string of the molecule is Cn1nncc1C(O)c1cnn(C)c1N. The fraction of sp³-hybridized carbons (Fsp3) is 0.375. The molecule has 2 heterocycles. The van der Waals surface area contributed by atoms with E-state index in [1.54, 1.807) is 14.1 Å². The summed E-state index contributed by atoms with van der Waals surface area (Å²) < 4.78 is 3.00. The molecule has 0 aliphatic rings. The lowest BCUT2D eigenvalue weighted by atomic mass is 10.1. The van der Waals surface area contributed by atoms with Crippen molar-refractivity contribution < 1.29 is 5.11 Å². The fourth-order valence-corrected chi connectivity index (χ4v) is 1.38. The highest BCUT2D eigenvalue weighted by molar-refractivity contribution is 5.42. The Kier molecular flexibility index (Phi) is 2.16. The first-order chi connectivity index (χ1) is 7.11. The molecule has 0 fully saturated rings. The molecule has 7 heteroatoms. The van der Waals surface area contributed by atoms with E-state index in [1.807, 2.05) is 0 Å². The molecule has 2 aromatic heterocycles. The third kappa shape index (κ3) is 1.46. The van der Waals surface area contributed by atoms with Gasteiger partial charge in [-0.2, -0.15) is 5.10 Å². The van der Waals surface area contributed by atoms with E-state index in [2.05, 4.69) is 15.4 Å². The van der Waals surface area contributed by atoms with Gasteiger partial charge in [-0.1, -0.05) is 5.21 Å². The van der Waals surface area contributed by atoms with Crippen LogP contribution >= 0.6 is 0 Å². The predicted molar refractivity (Wildman–Crippen MR) is 52.7 cm³/mol. The van der Waals surface area contributed by atoms with Crippen molar-refractivity contribution in [2.45, 2.75) is 6.10 Å². The van der Waals surface area contributed by atoms with Gasteiger partial charge >= 0.3 is 0 Å². The Balaban J connectivity index is 2.41. The molecule has 0 saturated carbocycles. The van der Waals surface area contributed by atoms with E-state index in [1.165, 1.54) is 21.8 Å². The van der Waals surface area contributed by atoms with E-state index in [9.17, 15) is 5.11 Å². The van der Waals surface area contributed by atoms with E-state index in [-0.39, 0.29) is 0 Å². The van der Waals surface area contributed by atoms with Crippen LogP contribution in [0, 0.1) is 0 Å². The minimum absolute atomic E-state index is 0.434. The number of anilines is 1. The van der Waals surface area contributed by atoms with Gasteiger partial charge in [0.25, 0.3) is 0 Å². The monoisotopic (exact) mass is 208 g/mol. The first-order valence-corrected chi connectivity index (χ1v) is 4.41. The molecule has 15 heavy (non-hydrogen) atoms. The van der Waals surface area contributed by atoms with E-state index in [0.29, 0.717) is 17.1 Å². The highest BCUT2D eigenvalue weighted by Gasteiger charge is 2.19. The normalized spacial score (nSPS) is 13.0. The second-order valence-electron chi connectivity index (χ2n) is 3.29. The summed E-state index contributed by atoms with van der Waals surface area (Å²) in [6, 6.07) is 0. The van der Waals surface area contributed by atoms with Gasteiger partial charge in [-0.3, -0.25) is 4.68 Å². The van der Waals surface area contributed by atoms with E-state index < -0.39 is 6.10 Å². The van der Waals surface area contributed by atoms with Crippen LogP contribution in [-0.2, 0) is 14.1 Å². The van der Waals surface area contributed by atoms with Crippen LogP contribution in [-0.4, -0.2) is 29.9 Å². The smallest absolute Gasteiger partial charge is 0.127 e. The summed E-state index contributed by atoms with van der Waals surface area (Å²) in [5.74, 6) is 0.434. The summed E-state index contributed by atoms with van der Waals surface area (Å²) in [5, 5.41) is 21.4. The molecule has 0 bridgehead atoms. The van der Waals surface area contributed by atoms with Crippen molar-refractivity contribution in [2.24, 2.45) is 14.1 Å². The van der Waals surface area contributed by atoms with Crippen molar-refractivity contribution in [1.29, 1.82) is 0 Å². The first-order valence-electron chi connectivity index (χ1n) is 4.41. The molecule has 80 valence electrons. The molecule has 0 aromatic carbocycles. The number of nitrogens with two attached hydrogens (primary N) is 1. The molecule has 3 N–H and O–H groups in total. The molecule has 0 aliphatic heterocycles. The van der Waals surface area contributed by atoms with Crippen LogP contribution in [0.3, 0.4) is 0 Å². The largest absolute Gasteiger partial charge is 0.384 e. The molecule has 0 spiro atoms. The molecule has 1 unspecified atom stereocenters. The van der Waals surface area contributed by atoms with Gasteiger partial charge in [0.15, 0.2) is 0 Å². The Labute approximate surface area is 86.1 Å². The number of hydrogen-bond donors (Lipinski definition) is 2. The van der Waals surface area contributed by atoms with Crippen LogP contribution in [0.25, 0.3) is 0 Å². The second-order valence-corrected chi connectivity index (χ2v) is 3.29. The molecule has 2 rings (SSSR count). The van der Waals surface area contributed by atoms with Crippen LogP contribution in [0.15, 0.2) is 12.4 Å². The van der Waals surface area contributed by atoms with Crippen LogP contribution < -0.4 is 5.73 Å². The van der Waals surface area contributed by atoms with Crippen LogP contribution in [0.4, 0.5) is 5.82 Å². The van der Waals surface area contributed by atoms with Crippen molar-refractivity contribution in [3.63, 3.8) is 0 Å². The third-order valence-corrected chi connectivity index (χ3v) is 2.34. The number of aliphatic hydroxyl groups excluding tert-OH is 1. The van der Waals surface area contributed by atoms with Gasteiger partial charge in [0.2, 0.25) is 0 Å². The number of aromatic nitrogens is 5. The summed E-state index contributed by atoms with van der Waals surface area (Å²) in [4.78, 5) is 0. The average molecular weight is 208 g/mol. The maximum Gasteiger partial charge on any atom is 0.127 e. The van der Waals surface area contributed by atoms with Gasteiger partial charge in [-0.15, -0.1) is 5.10 Å². The number of aryl methyl sites for hydroxylation is 2. The van der Waals surface area contributed by atoms with Crippen molar-refractivity contribution in [2.75, 3.05) is 5.73 Å². The van der Waals surface area contributed by atoms with E-state index >= 15 is 0 Å². The zero-order chi connectivity index (χ0) is 11.0. The summed E-state index contributed by atoms with van der Waals surface area (Å²) in [6.07, 6.45) is 2.18. The molecule has 0 saturated heterocycles. The Hall–Kier alpha value is -1.89. The summed E-state index contributed by atoms with van der Waals surface area (Å²) in [6.45, 7) is 0. The molecular formula is C8H12N6O. The molecule has 0 aliphatic carbocycles. The number of hydrogen-bond acceptors (Lipinski definition) is 5. The maximum atomic E-state index is 10.0. The van der Waals surface area contributed by atoms with Gasteiger partial charge in [0, 0.05) is 19.7 Å². The van der Waals surface area contributed by atoms with E-state index in [4.69, 9.17) is 5.73 Å². The standard InChI is InChI=1S/C8H12N6O/c1-13-6(4-10-12-13)7(15)5-3-11-14(2)8(5)9/h3-4,7,15H,9H2,1-2H3. The minimum atomic E-state index is -0.848. The molecule has 0 amide bonds. The van der Waals surface area contributed by atoms with Gasteiger partial charge in [-0.05, 0) is 0 Å². The van der Waals surface area contributed by atoms with Crippen LogP contribution in [0.1, 0.15) is 17.4 Å². The Bertz CT molecular complexity index is 473. The third-order valence-electron chi connectivity index (χ3n) is 2.34. The van der Waals surface area contributed by atoms with Gasteiger partial charge in [0.05, 0.1) is 18.1 Å². The summed E-state index contributed by atoms with van der Waals surface area (Å²) in [7, 11) is 3.42.